The average molecular weight is 349 g/mol. The van der Waals surface area contributed by atoms with E-state index in [1.807, 2.05) is 6.21 Å². The van der Waals surface area contributed by atoms with Crippen LogP contribution in [0.4, 0.5) is 11.4 Å². The molecule has 0 saturated carbocycles. The summed E-state index contributed by atoms with van der Waals surface area (Å²) in [5.74, 6) is 0.558. The van der Waals surface area contributed by atoms with Gasteiger partial charge in [-0.05, 0) is 94.8 Å². The Kier molecular flexibility index (Phi) is 4.96. The van der Waals surface area contributed by atoms with Gasteiger partial charge in [-0.2, -0.15) is 0 Å². The highest BCUT2D eigenvalue weighted by molar-refractivity contribution is 5.86. The molecule has 138 valence electrons. The molecule has 0 bridgehead atoms. The zero-order chi connectivity index (χ0) is 19.1. The van der Waals surface area contributed by atoms with E-state index >= 15 is 0 Å². The van der Waals surface area contributed by atoms with Crippen LogP contribution in [-0.2, 0) is 0 Å². The summed E-state index contributed by atoms with van der Waals surface area (Å²) in [5.41, 5.74) is 7.81. The maximum Gasteiger partial charge on any atom is 0.0630 e. The van der Waals surface area contributed by atoms with E-state index in [-0.39, 0.29) is 5.54 Å². The molecule has 2 aromatic rings. The fourth-order valence-electron chi connectivity index (χ4n) is 4.51. The van der Waals surface area contributed by atoms with Crippen molar-refractivity contribution in [2.45, 2.75) is 72.4 Å². The first-order valence-corrected chi connectivity index (χ1v) is 9.73. The maximum absolute atomic E-state index is 4.70. The summed E-state index contributed by atoms with van der Waals surface area (Å²) in [6, 6.07) is 13.6. The molecule has 1 heterocycles. The molecule has 3 rings (SSSR count). The van der Waals surface area contributed by atoms with E-state index in [0.717, 1.165) is 5.69 Å². The van der Waals surface area contributed by atoms with Crippen LogP contribution < -0.4 is 4.90 Å². The third-order valence-electron chi connectivity index (χ3n) is 5.57. The molecule has 0 spiro atoms. The van der Waals surface area contributed by atoms with Crippen molar-refractivity contribution in [2.75, 3.05) is 4.90 Å². The first-order chi connectivity index (χ1) is 12.2. The zero-order valence-electron chi connectivity index (χ0n) is 17.3. The lowest BCUT2D eigenvalue weighted by Crippen LogP contribution is -2.51. The highest BCUT2D eigenvalue weighted by Crippen LogP contribution is 2.45. The highest BCUT2D eigenvalue weighted by Gasteiger charge is 2.37. The molecular formula is C24H32N2. The predicted molar refractivity (Wildman–Crippen MR) is 114 cm³/mol. The second-order valence-corrected chi connectivity index (χ2v) is 8.74. The third-order valence-corrected chi connectivity index (χ3v) is 5.57. The van der Waals surface area contributed by atoms with Crippen LogP contribution in [0.1, 0.15) is 69.2 Å². The van der Waals surface area contributed by atoms with Gasteiger partial charge in [0.25, 0.3) is 0 Å². The van der Waals surface area contributed by atoms with E-state index in [1.165, 1.54) is 34.4 Å². The zero-order valence-corrected chi connectivity index (χ0v) is 17.3. The van der Waals surface area contributed by atoms with Crippen molar-refractivity contribution in [2.24, 2.45) is 4.99 Å². The average Bonchev–Trinajstić information content (AvgIpc) is 2.53. The number of aryl methyl sites for hydroxylation is 2. The Morgan fingerprint density at radius 3 is 2.38 bits per heavy atom. The van der Waals surface area contributed by atoms with Gasteiger partial charge >= 0.3 is 0 Å². The molecule has 26 heavy (non-hydrogen) atoms. The van der Waals surface area contributed by atoms with Crippen LogP contribution >= 0.6 is 0 Å². The standard InChI is InChI=1S/C24H32N2/c1-16(2)26-23-12-18(4)20(13-22(23)19(5)14-24(26,6)7)15-25-21-10-8-17(3)9-11-21/h8-13,15-16,19H,14H2,1-7H3. The van der Waals surface area contributed by atoms with Gasteiger partial charge in [0.1, 0.15) is 0 Å². The summed E-state index contributed by atoms with van der Waals surface area (Å²) < 4.78 is 0. The monoisotopic (exact) mass is 348 g/mol. The van der Waals surface area contributed by atoms with Crippen LogP contribution in [-0.4, -0.2) is 17.8 Å². The smallest absolute Gasteiger partial charge is 0.0630 e. The van der Waals surface area contributed by atoms with Gasteiger partial charge in [-0.15, -0.1) is 0 Å². The van der Waals surface area contributed by atoms with Crippen molar-refractivity contribution in [3.8, 4) is 0 Å². The molecule has 1 aliphatic heterocycles. The first-order valence-electron chi connectivity index (χ1n) is 9.73. The number of hydrogen-bond acceptors (Lipinski definition) is 2. The Balaban J connectivity index is 2.01. The number of nitrogens with zero attached hydrogens (tertiary/aromatic N) is 2. The molecule has 2 nitrogen and oxygen atoms in total. The molecule has 0 radical (unpaired) electrons. The molecule has 0 amide bonds. The molecule has 1 aliphatic rings. The minimum Gasteiger partial charge on any atom is -0.364 e. The molecule has 1 unspecified atom stereocenters. The minimum absolute atomic E-state index is 0.185. The van der Waals surface area contributed by atoms with Gasteiger partial charge in [-0.1, -0.05) is 24.6 Å². The van der Waals surface area contributed by atoms with E-state index in [4.69, 9.17) is 4.99 Å². The van der Waals surface area contributed by atoms with Crippen LogP contribution in [0.3, 0.4) is 0 Å². The molecule has 0 N–H and O–H groups in total. The van der Waals surface area contributed by atoms with Gasteiger partial charge in [0, 0.05) is 23.5 Å². The van der Waals surface area contributed by atoms with Crippen LogP contribution in [0.15, 0.2) is 41.4 Å². The number of fused-ring (bicyclic) bond motifs is 1. The van der Waals surface area contributed by atoms with Crippen molar-refractivity contribution in [3.63, 3.8) is 0 Å². The first kappa shape index (κ1) is 18.7. The van der Waals surface area contributed by atoms with Crippen molar-refractivity contribution >= 4 is 17.6 Å². The van der Waals surface area contributed by atoms with E-state index < -0.39 is 0 Å². The lowest BCUT2D eigenvalue weighted by atomic mass is 9.78. The summed E-state index contributed by atoms with van der Waals surface area (Å²) in [6.45, 7) is 16.0. The Morgan fingerprint density at radius 2 is 1.77 bits per heavy atom. The number of aliphatic imine (C=N–C) groups is 1. The molecule has 1 atom stereocenters. The molecule has 0 aromatic heterocycles. The van der Waals surface area contributed by atoms with E-state index in [0.29, 0.717) is 12.0 Å². The third kappa shape index (κ3) is 3.56. The van der Waals surface area contributed by atoms with Gasteiger partial charge in [-0.3, -0.25) is 4.99 Å². The second-order valence-electron chi connectivity index (χ2n) is 8.74. The molecular weight excluding hydrogens is 316 g/mol. The SMILES string of the molecule is Cc1ccc(N=Cc2cc3c(cc2C)N(C(C)C)C(C)(C)CC3C)cc1. The van der Waals surface area contributed by atoms with Crippen LogP contribution in [0.25, 0.3) is 0 Å². The van der Waals surface area contributed by atoms with Gasteiger partial charge in [0.15, 0.2) is 0 Å². The van der Waals surface area contributed by atoms with Crippen molar-refractivity contribution in [1.82, 2.24) is 0 Å². The van der Waals surface area contributed by atoms with E-state index in [9.17, 15) is 0 Å². The van der Waals surface area contributed by atoms with Crippen molar-refractivity contribution < 1.29 is 0 Å². The van der Waals surface area contributed by atoms with Gasteiger partial charge in [0.05, 0.1) is 5.69 Å². The lowest BCUT2D eigenvalue weighted by molar-refractivity contribution is 0.356. The van der Waals surface area contributed by atoms with Gasteiger partial charge in [0.2, 0.25) is 0 Å². The van der Waals surface area contributed by atoms with Crippen LogP contribution in [0.5, 0.6) is 0 Å². The van der Waals surface area contributed by atoms with Crippen molar-refractivity contribution in [1.29, 1.82) is 0 Å². The van der Waals surface area contributed by atoms with Gasteiger partial charge in [-0.25, -0.2) is 0 Å². The molecule has 0 aliphatic carbocycles. The van der Waals surface area contributed by atoms with Crippen LogP contribution in [0.2, 0.25) is 0 Å². The van der Waals surface area contributed by atoms with Crippen LogP contribution in [0, 0.1) is 13.8 Å². The number of benzene rings is 2. The summed E-state index contributed by atoms with van der Waals surface area (Å²) in [6.07, 6.45) is 3.20. The maximum atomic E-state index is 4.70. The normalized spacial score (nSPS) is 19.2. The Hall–Kier alpha value is -2.09. The second kappa shape index (κ2) is 6.90. The number of anilines is 1. The van der Waals surface area contributed by atoms with Crippen molar-refractivity contribution in [3.05, 3.63) is 58.7 Å². The van der Waals surface area contributed by atoms with Gasteiger partial charge < -0.3 is 4.90 Å². The molecule has 2 heteroatoms. The summed E-state index contributed by atoms with van der Waals surface area (Å²) >= 11 is 0. The highest BCUT2D eigenvalue weighted by atomic mass is 15.2. The van der Waals surface area contributed by atoms with E-state index in [1.54, 1.807) is 0 Å². The predicted octanol–water partition coefficient (Wildman–Crippen LogP) is 6.55. The molecule has 0 fully saturated rings. The Morgan fingerprint density at radius 1 is 1.12 bits per heavy atom. The number of rotatable bonds is 3. The number of hydrogen-bond donors (Lipinski definition) is 0. The Labute approximate surface area is 159 Å². The fraction of sp³-hybridized carbons (Fsp3) is 0.458. The molecule has 2 aromatic carbocycles. The lowest BCUT2D eigenvalue weighted by Gasteiger charge is -2.50. The quantitative estimate of drug-likeness (QED) is 0.574. The summed E-state index contributed by atoms with van der Waals surface area (Å²) in [4.78, 5) is 7.29. The molecule has 0 saturated heterocycles. The van der Waals surface area contributed by atoms with E-state index in [2.05, 4.69) is 89.8 Å². The minimum atomic E-state index is 0.185. The topological polar surface area (TPSA) is 15.6 Å². The Bertz CT molecular complexity index is 813. The fourth-order valence-corrected chi connectivity index (χ4v) is 4.51. The summed E-state index contributed by atoms with van der Waals surface area (Å²) in [5, 5.41) is 0. The summed E-state index contributed by atoms with van der Waals surface area (Å²) in [7, 11) is 0. The largest absolute Gasteiger partial charge is 0.364 e.